The van der Waals surface area contributed by atoms with Gasteiger partial charge in [0.2, 0.25) is 0 Å². The van der Waals surface area contributed by atoms with Crippen LogP contribution in [0.1, 0.15) is 51.9 Å². The van der Waals surface area contributed by atoms with Gasteiger partial charge in [-0.05, 0) is 6.42 Å². The Hall–Kier alpha value is -1.52. The summed E-state index contributed by atoms with van der Waals surface area (Å²) >= 11 is 0. The standard InChI is InChI=1S/C13H22N2O4/c1-3-4-5-6-7-8-10(16)9-11(17)12(15-14)13(18)19-2/h10,16H,3-9H2,1-2H3. The Bertz CT molecular complexity index is 349. The molecule has 0 aliphatic rings. The van der Waals surface area contributed by atoms with E-state index in [0.717, 1.165) is 32.8 Å². The Kier molecular flexibility index (Phi) is 9.57. The summed E-state index contributed by atoms with van der Waals surface area (Å²) in [5.41, 5.74) is 7.90. The topological polar surface area (TPSA) is 100 Å². The second-order valence-corrected chi connectivity index (χ2v) is 4.42. The van der Waals surface area contributed by atoms with E-state index in [1.165, 1.54) is 6.42 Å². The summed E-state index contributed by atoms with van der Waals surface area (Å²) in [7, 11) is 1.09. The molecule has 0 rings (SSSR count). The zero-order valence-electron chi connectivity index (χ0n) is 11.6. The zero-order valence-corrected chi connectivity index (χ0v) is 11.6. The van der Waals surface area contributed by atoms with Crippen LogP contribution in [0.2, 0.25) is 0 Å². The Morgan fingerprint density at radius 3 is 2.42 bits per heavy atom. The van der Waals surface area contributed by atoms with Crippen LogP contribution in [0, 0.1) is 0 Å². The van der Waals surface area contributed by atoms with E-state index in [1.54, 1.807) is 0 Å². The van der Waals surface area contributed by atoms with E-state index in [4.69, 9.17) is 5.53 Å². The minimum Gasteiger partial charge on any atom is -0.460 e. The van der Waals surface area contributed by atoms with Crippen molar-refractivity contribution < 1.29 is 24.2 Å². The quantitative estimate of drug-likeness (QED) is 0.162. The first-order valence-electron chi connectivity index (χ1n) is 6.58. The Morgan fingerprint density at radius 2 is 1.89 bits per heavy atom. The summed E-state index contributed by atoms with van der Waals surface area (Å²) in [5.74, 6) is -1.71. The number of ether oxygens (including phenoxy) is 1. The predicted molar refractivity (Wildman–Crippen MR) is 69.6 cm³/mol. The number of rotatable bonds is 10. The van der Waals surface area contributed by atoms with E-state index in [2.05, 4.69) is 16.5 Å². The molecule has 0 aromatic rings. The van der Waals surface area contributed by atoms with Crippen LogP contribution in [0.25, 0.3) is 5.53 Å². The molecule has 0 amide bonds. The van der Waals surface area contributed by atoms with Crippen LogP contribution >= 0.6 is 0 Å². The summed E-state index contributed by atoms with van der Waals surface area (Å²) in [4.78, 5) is 25.3. The van der Waals surface area contributed by atoms with Crippen molar-refractivity contribution in [2.24, 2.45) is 0 Å². The largest absolute Gasteiger partial charge is 0.460 e. The van der Waals surface area contributed by atoms with Crippen LogP contribution in [0.5, 0.6) is 0 Å². The lowest BCUT2D eigenvalue weighted by atomic mass is 10.0. The molecule has 1 unspecified atom stereocenters. The van der Waals surface area contributed by atoms with E-state index in [-0.39, 0.29) is 6.42 Å². The first-order valence-corrected chi connectivity index (χ1v) is 6.58. The van der Waals surface area contributed by atoms with Crippen LogP contribution in [-0.2, 0) is 14.3 Å². The number of ketones is 1. The minimum absolute atomic E-state index is 0.234. The van der Waals surface area contributed by atoms with Gasteiger partial charge in [-0.25, -0.2) is 4.79 Å². The van der Waals surface area contributed by atoms with Crippen LogP contribution < -0.4 is 0 Å². The van der Waals surface area contributed by atoms with Crippen molar-refractivity contribution >= 4 is 17.5 Å². The minimum atomic E-state index is -0.998. The van der Waals surface area contributed by atoms with Gasteiger partial charge in [-0.2, -0.15) is 4.79 Å². The monoisotopic (exact) mass is 270 g/mol. The van der Waals surface area contributed by atoms with Gasteiger partial charge in [0, 0.05) is 6.42 Å². The molecule has 0 heterocycles. The van der Waals surface area contributed by atoms with Crippen molar-refractivity contribution in [3.05, 3.63) is 5.53 Å². The van der Waals surface area contributed by atoms with Gasteiger partial charge in [0.1, 0.15) is 0 Å². The fourth-order valence-electron chi connectivity index (χ4n) is 1.70. The highest BCUT2D eigenvalue weighted by Crippen LogP contribution is 2.09. The van der Waals surface area contributed by atoms with E-state index >= 15 is 0 Å². The van der Waals surface area contributed by atoms with Gasteiger partial charge in [-0.15, -0.1) is 0 Å². The third-order valence-electron chi connectivity index (χ3n) is 2.80. The molecule has 0 fully saturated rings. The molecule has 6 heteroatoms. The molecule has 1 atom stereocenters. The lowest BCUT2D eigenvalue weighted by Crippen LogP contribution is -2.29. The molecule has 0 bridgehead atoms. The average molecular weight is 270 g/mol. The maximum Gasteiger partial charge on any atom is 0.441 e. The normalized spacial score (nSPS) is 11.5. The molecular formula is C13H22N2O4. The first kappa shape index (κ1) is 17.5. The first-order chi connectivity index (χ1) is 9.06. The van der Waals surface area contributed by atoms with Crippen molar-refractivity contribution in [3.8, 4) is 0 Å². The van der Waals surface area contributed by atoms with Crippen LogP contribution in [0.4, 0.5) is 0 Å². The zero-order chi connectivity index (χ0) is 14.7. The molecule has 0 aromatic carbocycles. The number of carbonyl (C=O) groups excluding carboxylic acids is 2. The number of hydrogen-bond acceptors (Lipinski definition) is 4. The molecule has 19 heavy (non-hydrogen) atoms. The number of hydrogen-bond donors (Lipinski definition) is 1. The van der Waals surface area contributed by atoms with Crippen molar-refractivity contribution in [2.45, 2.75) is 58.0 Å². The maximum absolute atomic E-state index is 11.6. The summed E-state index contributed by atoms with van der Waals surface area (Å²) in [5, 5.41) is 9.67. The number of aliphatic hydroxyl groups is 1. The maximum atomic E-state index is 11.6. The fraction of sp³-hybridized carbons (Fsp3) is 0.769. The molecule has 0 saturated heterocycles. The van der Waals surface area contributed by atoms with Crippen LogP contribution in [-0.4, -0.2) is 40.6 Å². The van der Waals surface area contributed by atoms with Gasteiger partial charge in [0.15, 0.2) is 0 Å². The molecule has 0 saturated carbocycles. The number of unbranched alkanes of at least 4 members (excludes halogenated alkanes) is 4. The highest BCUT2D eigenvalue weighted by Gasteiger charge is 2.31. The molecule has 0 aromatic heterocycles. The Morgan fingerprint density at radius 1 is 1.26 bits per heavy atom. The third-order valence-corrected chi connectivity index (χ3v) is 2.80. The molecular weight excluding hydrogens is 248 g/mol. The number of methoxy groups -OCH3 is 1. The molecule has 0 aliphatic carbocycles. The predicted octanol–water partition coefficient (Wildman–Crippen LogP) is 1.51. The Labute approximate surface area is 113 Å². The molecule has 0 radical (unpaired) electrons. The molecule has 0 spiro atoms. The molecule has 108 valence electrons. The number of carbonyl (C=O) groups is 2. The smallest absolute Gasteiger partial charge is 0.441 e. The second-order valence-electron chi connectivity index (χ2n) is 4.42. The van der Waals surface area contributed by atoms with E-state index < -0.39 is 23.6 Å². The summed E-state index contributed by atoms with van der Waals surface area (Å²) in [6.07, 6.45) is 4.71. The molecule has 0 aliphatic heterocycles. The lowest BCUT2D eigenvalue weighted by molar-refractivity contribution is -0.139. The van der Waals surface area contributed by atoms with Gasteiger partial charge in [-0.1, -0.05) is 39.0 Å². The van der Waals surface area contributed by atoms with Gasteiger partial charge < -0.3 is 15.4 Å². The van der Waals surface area contributed by atoms with E-state index in [1.807, 2.05) is 0 Å². The highest BCUT2D eigenvalue weighted by atomic mass is 16.5. The third kappa shape index (κ3) is 7.49. The molecule has 1 N–H and O–H groups in total. The van der Waals surface area contributed by atoms with E-state index in [0.29, 0.717) is 6.42 Å². The van der Waals surface area contributed by atoms with Crippen molar-refractivity contribution in [1.82, 2.24) is 0 Å². The highest BCUT2D eigenvalue weighted by molar-refractivity contribution is 6.62. The van der Waals surface area contributed by atoms with Crippen molar-refractivity contribution in [3.63, 3.8) is 0 Å². The number of nitrogens with zero attached hydrogens (tertiary/aromatic N) is 2. The second kappa shape index (κ2) is 10.4. The van der Waals surface area contributed by atoms with Gasteiger partial charge in [0.05, 0.1) is 13.2 Å². The fourth-order valence-corrected chi connectivity index (χ4v) is 1.70. The Balaban J connectivity index is 4.04. The summed E-state index contributed by atoms with van der Waals surface area (Å²) < 4.78 is 4.30. The van der Waals surface area contributed by atoms with Crippen LogP contribution in [0.3, 0.4) is 0 Å². The molecule has 6 nitrogen and oxygen atoms in total. The van der Waals surface area contributed by atoms with Gasteiger partial charge >= 0.3 is 11.7 Å². The van der Waals surface area contributed by atoms with Gasteiger partial charge in [0.25, 0.3) is 5.78 Å². The van der Waals surface area contributed by atoms with Crippen molar-refractivity contribution in [1.29, 1.82) is 0 Å². The summed E-state index contributed by atoms with van der Waals surface area (Å²) in [6.45, 7) is 2.12. The lowest BCUT2D eigenvalue weighted by Gasteiger charge is -2.07. The van der Waals surface area contributed by atoms with Crippen LogP contribution in [0.15, 0.2) is 0 Å². The SMILES string of the molecule is CCCCCCCC(O)CC(=O)C(=[N+]=[N-])C(=O)OC. The number of esters is 1. The summed E-state index contributed by atoms with van der Waals surface area (Å²) in [6, 6.07) is 0. The van der Waals surface area contributed by atoms with Gasteiger partial charge in [-0.3, -0.25) is 4.79 Å². The van der Waals surface area contributed by atoms with Crippen molar-refractivity contribution in [2.75, 3.05) is 7.11 Å². The van der Waals surface area contributed by atoms with E-state index in [9.17, 15) is 14.7 Å². The number of Topliss-reactive ketones (excluding diaryl/α,β-unsaturated/α-hetero) is 1. The number of aliphatic hydroxyl groups excluding tert-OH is 1. The average Bonchev–Trinajstić information content (AvgIpc) is 2.38.